The van der Waals surface area contributed by atoms with Gasteiger partial charge >= 0.3 is 0 Å². The van der Waals surface area contributed by atoms with Gasteiger partial charge in [-0.1, -0.05) is 5.16 Å². The third-order valence-corrected chi connectivity index (χ3v) is 4.72. The maximum Gasteiger partial charge on any atom is 0.259 e. The van der Waals surface area contributed by atoms with Crippen LogP contribution in [-0.2, 0) is 4.74 Å². The number of aromatic nitrogens is 4. The highest BCUT2D eigenvalue weighted by Gasteiger charge is 2.42. The van der Waals surface area contributed by atoms with Crippen LogP contribution in [0, 0.1) is 19.8 Å². The Balaban J connectivity index is 1.45. The summed E-state index contributed by atoms with van der Waals surface area (Å²) in [5, 5.41) is 10.7. The van der Waals surface area contributed by atoms with Crippen molar-refractivity contribution in [3.63, 3.8) is 0 Å². The number of piperidine rings is 1. The van der Waals surface area contributed by atoms with Crippen LogP contribution < -0.4 is 0 Å². The van der Waals surface area contributed by atoms with Crippen LogP contribution in [0.4, 0.5) is 0 Å². The minimum absolute atomic E-state index is 0.0386. The van der Waals surface area contributed by atoms with E-state index in [-0.39, 0.29) is 18.1 Å². The van der Waals surface area contributed by atoms with E-state index in [9.17, 15) is 4.79 Å². The van der Waals surface area contributed by atoms with Gasteiger partial charge in [-0.3, -0.25) is 9.89 Å². The minimum Gasteiger partial charge on any atom is -0.365 e. The second-order valence-electron chi connectivity index (χ2n) is 6.27. The number of rotatable bonds is 2. The van der Waals surface area contributed by atoms with Crippen molar-refractivity contribution in [3.8, 4) is 0 Å². The second kappa shape index (κ2) is 5.45. The van der Waals surface area contributed by atoms with Crippen molar-refractivity contribution in [3.05, 3.63) is 29.2 Å². The van der Waals surface area contributed by atoms with Gasteiger partial charge in [0.25, 0.3) is 5.91 Å². The molecular weight excluding hydrogens is 298 g/mol. The molecule has 0 saturated carbocycles. The standard InChI is InChI=1S/C15H19N5O3/c1-8-11(6-16-23-8)15(21)20-4-3-10-5-12(22-13(10)7-20)14-17-9(2)18-19-14/h6,10,12-13H,3-5,7H2,1-2H3,(H,17,18,19)/t10-,12+,13-/m0/s1. The van der Waals surface area contributed by atoms with Gasteiger partial charge in [0, 0.05) is 13.1 Å². The average Bonchev–Trinajstić information content (AvgIpc) is 3.24. The molecule has 2 saturated heterocycles. The summed E-state index contributed by atoms with van der Waals surface area (Å²) < 4.78 is 11.1. The van der Waals surface area contributed by atoms with Gasteiger partial charge in [0.2, 0.25) is 0 Å². The zero-order valence-electron chi connectivity index (χ0n) is 13.2. The molecule has 1 N–H and O–H groups in total. The molecule has 2 aromatic rings. The molecule has 0 unspecified atom stereocenters. The maximum atomic E-state index is 12.6. The first-order chi connectivity index (χ1) is 11.1. The van der Waals surface area contributed by atoms with Crippen molar-refractivity contribution in [2.24, 2.45) is 5.92 Å². The van der Waals surface area contributed by atoms with E-state index < -0.39 is 0 Å². The molecule has 2 aliphatic rings. The van der Waals surface area contributed by atoms with E-state index in [1.54, 1.807) is 6.92 Å². The summed E-state index contributed by atoms with van der Waals surface area (Å²) in [6.45, 7) is 4.95. The van der Waals surface area contributed by atoms with E-state index in [4.69, 9.17) is 9.26 Å². The van der Waals surface area contributed by atoms with Crippen molar-refractivity contribution >= 4 is 5.91 Å². The Labute approximate surface area is 133 Å². The van der Waals surface area contributed by atoms with Crippen molar-refractivity contribution in [2.45, 2.75) is 38.9 Å². The first-order valence-electron chi connectivity index (χ1n) is 7.86. The molecule has 8 nitrogen and oxygen atoms in total. The van der Waals surface area contributed by atoms with Crippen LogP contribution in [0.2, 0.25) is 0 Å². The number of carbonyl (C=O) groups is 1. The van der Waals surface area contributed by atoms with Gasteiger partial charge in [-0.2, -0.15) is 5.10 Å². The normalized spacial score (nSPS) is 27.2. The lowest BCUT2D eigenvalue weighted by Crippen LogP contribution is -2.45. The minimum atomic E-state index is -0.0812. The number of fused-ring (bicyclic) bond motifs is 1. The number of nitrogens with one attached hydrogen (secondary N) is 1. The Kier molecular flexibility index (Phi) is 3.41. The molecule has 2 fully saturated rings. The van der Waals surface area contributed by atoms with E-state index >= 15 is 0 Å². The Hall–Kier alpha value is -2.22. The van der Waals surface area contributed by atoms with Crippen LogP contribution in [-0.4, -0.2) is 50.3 Å². The van der Waals surface area contributed by atoms with Gasteiger partial charge in [-0.05, 0) is 32.6 Å². The smallest absolute Gasteiger partial charge is 0.259 e. The number of nitrogens with zero attached hydrogens (tertiary/aromatic N) is 4. The summed E-state index contributed by atoms with van der Waals surface area (Å²) in [6, 6.07) is 0. The van der Waals surface area contributed by atoms with Crippen LogP contribution in [0.25, 0.3) is 0 Å². The van der Waals surface area contributed by atoms with E-state index in [1.165, 1.54) is 6.20 Å². The Bertz CT molecular complexity index is 724. The summed E-state index contributed by atoms with van der Waals surface area (Å²) >= 11 is 0. The first kappa shape index (κ1) is 14.4. The quantitative estimate of drug-likeness (QED) is 0.899. The van der Waals surface area contributed by atoms with Gasteiger partial charge in [0.1, 0.15) is 23.3 Å². The topological polar surface area (TPSA) is 97.1 Å². The maximum absolute atomic E-state index is 12.6. The fourth-order valence-electron chi connectivity index (χ4n) is 3.46. The summed E-state index contributed by atoms with van der Waals surface area (Å²) in [6.07, 6.45) is 3.29. The Morgan fingerprint density at radius 2 is 2.30 bits per heavy atom. The van der Waals surface area contributed by atoms with Crippen LogP contribution in [0.3, 0.4) is 0 Å². The molecule has 4 heterocycles. The zero-order valence-corrected chi connectivity index (χ0v) is 13.2. The van der Waals surface area contributed by atoms with Crippen LogP contribution in [0.1, 0.15) is 46.7 Å². The van der Waals surface area contributed by atoms with E-state index in [2.05, 4.69) is 20.3 Å². The van der Waals surface area contributed by atoms with Crippen LogP contribution in [0.5, 0.6) is 0 Å². The fourth-order valence-corrected chi connectivity index (χ4v) is 3.46. The molecule has 8 heteroatoms. The molecule has 2 aliphatic heterocycles. The van der Waals surface area contributed by atoms with Gasteiger partial charge in [-0.15, -0.1) is 0 Å². The zero-order chi connectivity index (χ0) is 16.0. The molecule has 0 radical (unpaired) electrons. The molecule has 1 amide bonds. The van der Waals surface area contributed by atoms with E-state index in [1.807, 2.05) is 11.8 Å². The highest BCUT2D eigenvalue weighted by Crippen LogP contribution is 2.40. The lowest BCUT2D eigenvalue weighted by Gasteiger charge is -2.33. The van der Waals surface area contributed by atoms with Crippen molar-refractivity contribution < 1.29 is 14.1 Å². The van der Waals surface area contributed by atoms with Gasteiger partial charge in [0.05, 0.1) is 12.3 Å². The van der Waals surface area contributed by atoms with Gasteiger partial charge in [-0.25, -0.2) is 4.98 Å². The SMILES string of the molecule is Cc1nc([C@H]2C[C@@H]3CCN(C(=O)c4cnoc4C)C[C@@H]3O2)n[nH]1. The number of H-pyrrole nitrogens is 1. The largest absolute Gasteiger partial charge is 0.365 e. The molecule has 0 bridgehead atoms. The van der Waals surface area contributed by atoms with Gasteiger partial charge in [0.15, 0.2) is 5.82 Å². The predicted octanol–water partition coefficient (Wildman–Crippen LogP) is 1.40. The van der Waals surface area contributed by atoms with E-state index in [0.29, 0.717) is 29.6 Å². The number of carbonyl (C=O) groups excluding carboxylic acids is 1. The summed E-state index contributed by atoms with van der Waals surface area (Å²) in [5.74, 6) is 2.47. The van der Waals surface area contributed by atoms with Gasteiger partial charge < -0.3 is 14.2 Å². The van der Waals surface area contributed by atoms with E-state index in [0.717, 1.165) is 25.2 Å². The molecule has 2 aromatic heterocycles. The van der Waals surface area contributed by atoms with Crippen LogP contribution in [0.15, 0.2) is 10.7 Å². The molecule has 3 atom stereocenters. The summed E-state index contributed by atoms with van der Waals surface area (Å²) in [7, 11) is 0. The number of ether oxygens (including phenoxy) is 1. The second-order valence-corrected chi connectivity index (χ2v) is 6.27. The molecule has 23 heavy (non-hydrogen) atoms. The molecular formula is C15H19N5O3. The number of aryl methyl sites for hydroxylation is 2. The molecule has 0 spiro atoms. The molecule has 4 rings (SSSR count). The number of likely N-dealkylation sites (tertiary alicyclic amines) is 1. The third-order valence-electron chi connectivity index (χ3n) is 4.72. The van der Waals surface area contributed by atoms with Crippen molar-refractivity contribution in [1.82, 2.24) is 25.2 Å². The van der Waals surface area contributed by atoms with Crippen LogP contribution >= 0.6 is 0 Å². The number of hydrogen-bond acceptors (Lipinski definition) is 6. The lowest BCUT2D eigenvalue weighted by molar-refractivity contribution is -0.00687. The molecule has 0 aromatic carbocycles. The van der Waals surface area contributed by atoms with Crippen molar-refractivity contribution in [1.29, 1.82) is 0 Å². The number of aromatic amines is 1. The monoisotopic (exact) mass is 317 g/mol. The first-order valence-corrected chi connectivity index (χ1v) is 7.86. The fraction of sp³-hybridized carbons (Fsp3) is 0.600. The summed E-state index contributed by atoms with van der Waals surface area (Å²) in [5.41, 5.74) is 0.530. The Morgan fingerprint density at radius 1 is 1.43 bits per heavy atom. The summed E-state index contributed by atoms with van der Waals surface area (Å²) in [4.78, 5) is 18.8. The number of amides is 1. The van der Waals surface area contributed by atoms with Crippen molar-refractivity contribution in [2.75, 3.05) is 13.1 Å². The number of hydrogen-bond donors (Lipinski definition) is 1. The third kappa shape index (κ3) is 2.52. The predicted molar refractivity (Wildman–Crippen MR) is 78.6 cm³/mol. The lowest BCUT2D eigenvalue weighted by atomic mass is 9.91. The average molecular weight is 317 g/mol. The molecule has 0 aliphatic carbocycles. The Morgan fingerprint density at radius 3 is 3.00 bits per heavy atom. The molecule has 122 valence electrons. The highest BCUT2D eigenvalue weighted by atomic mass is 16.5. The highest BCUT2D eigenvalue weighted by molar-refractivity contribution is 5.94.